The summed E-state index contributed by atoms with van der Waals surface area (Å²) >= 11 is 1.62. The van der Waals surface area contributed by atoms with Crippen LogP contribution in [0.1, 0.15) is 48.3 Å². The van der Waals surface area contributed by atoms with Crippen LogP contribution in [0.4, 0.5) is 0 Å². The molecule has 0 aliphatic carbocycles. The van der Waals surface area contributed by atoms with E-state index in [1.807, 2.05) is 0 Å². The van der Waals surface area contributed by atoms with Gasteiger partial charge in [-0.15, -0.1) is 11.3 Å². The number of fused-ring (bicyclic) bond motifs is 6. The number of ether oxygens (including phenoxy) is 1. The van der Waals surface area contributed by atoms with Gasteiger partial charge in [-0.3, -0.25) is 9.69 Å². The maximum absolute atomic E-state index is 13.1. The Bertz CT molecular complexity index is 864. The molecule has 6 rings (SSSR count). The van der Waals surface area contributed by atoms with E-state index in [1.54, 1.807) is 11.3 Å². The van der Waals surface area contributed by atoms with E-state index in [4.69, 9.17) is 4.74 Å². The molecule has 4 aliphatic rings. The average Bonchev–Trinajstić information content (AvgIpc) is 3.10. The van der Waals surface area contributed by atoms with Gasteiger partial charge in [-0.25, -0.2) is 0 Å². The van der Waals surface area contributed by atoms with Crippen LogP contribution in [0.25, 0.3) is 10.1 Å². The fraction of sp³-hybridized carbons (Fsp3) is 0.571. The number of piperidine rings is 3. The molecule has 1 amide bonds. The summed E-state index contributed by atoms with van der Waals surface area (Å²) in [7, 11) is 0. The highest BCUT2D eigenvalue weighted by atomic mass is 32.1. The highest BCUT2D eigenvalue weighted by molar-refractivity contribution is 7.21. The number of hydrogen-bond donors (Lipinski definition) is 1. The third-order valence-corrected chi connectivity index (χ3v) is 7.88. The monoisotopic (exact) mass is 370 g/mol. The largest absolute Gasteiger partial charge is 0.493 e. The fourth-order valence-corrected chi connectivity index (χ4v) is 6.28. The third kappa shape index (κ3) is 2.48. The van der Waals surface area contributed by atoms with Crippen LogP contribution < -0.4 is 10.1 Å². The van der Waals surface area contributed by atoms with Gasteiger partial charge in [0.05, 0.1) is 11.5 Å². The Morgan fingerprint density at radius 3 is 2.88 bits per heavy atom. The lowest BCUT2D eigenvalue weighted by Crippen LogP contribution is -2.69. The molecule has 2 aromatic rings. The Morgan fingerprint density at radius 2 is 2.12 bits per heavy atom. The number of nitrogens with one attached hydrogen (secondary N) is 1. The van der Waals surface area contributed by atoms with Crippen molar-refractivity contribution in [3.63, 3.8) is 0 Å². The first-order valence-electron chi connectivity index (χ1n) is 9.78. The van der Waals surface area contributed by atoms with E-state index in [9.17, 15) is 4.79 Å². The van der Waals surface area contributed by atoms with Crippen molar-refractivity contribution in [3.05, 3.63) is 28.6 Å². The minimum Gasteiger partial charge on any atom is -0.493 e. The summed E-state index contributed by atoms with van der Waals surface area (Å²) in [5, 5.41) is 4.56. The van der Waals surface area contributed by atoms with Gasteiger partial charge in [-0.05, 0) is 82.1 Å². The smallest absolute Gasteiger partial charge is 0.261 e. The van der Waals surface area contributed by atoms with Gasteiger partial charge in [0.1, 0.15) is 5.75 Å². The Balaban J connectivity index is 1.44. The summed E-state index contributed by atoms with van der Waals surface area (Å²) in [6.07, 6.45) is 4.50. The summed E-state index contributed by atoms with van der Waals surface area (Å²) in [5.74, 6) is 1.69. The zero-order valence-electron chi connectivity index (χ0n) is 15.5. The predicted octanol–water partition coefficient (Wildman–Crippen LogP) is 3.83. The van der Waals surface area contributed by atoms with E-state index in [2.05, 4.69) is 42.3 Å². The Hall–Kier alpha value is -1.59. The van der Waals surface area contributed by atoms with Crippen LogP contribution in [0.3, 0.4) is 0 Å². The number of rotatable bonds is 2. The molecule has 4 aliphatic heterocycles. The predicted molar refractivity (Wildman–Crippen MR) is 105 cm³/mol. The fourth-order valence-electron chi connectivity index (χ4n) is 5.15. The van der Waals surface area contributed by atoms with Crippen LogP contribution in [-0.4, -0.2) is 42.1 Å². The van der Waals surface area contributed by atoms with Gasteiger partial charge in [-0.2, -0.15) is 0 Å². The topological polar surface area (TPSA) is 41.6 Å². The molecule has 0 saturated carbocycles. The number of benzene rings is 1. The number of carbonyl (C=O) groups is 1. The molecule has 26 heavy (non-hydrogen) atoms. The van der Waals surface area contributed by atoms with Crippen molar-refractivity contribution in [1.29, 1.82) is 0 Å². The molecular weight excluding hydrogens is 344 g/mol. The van der Waals surface area contributed by atoms with Gasteiger partial charge >= 0.3 is 0 Å². The second kappa shape index (κ2) is 5.96. The molecule has 138 valence electrons. The molecule has 5 heterocycles. The molecule has 2 bridgehead atoms. The maximum atomic E-state index is 13.1. The quantitative estimate of drug-likeness (QED) is 0.874. The Morgan fingerprint density at radius 1 is 1.31 bits per heavy atom. The van der Waals surface area contributed by atoms with Crippen LogP contribution >= 0.6 is 11.3 Å². The number of amides is 1. The van der Waals surface area contributed by atoms with Gasteiger partial charge in [-0.1, -0.05) is 0 Å². The van der Waals surface area contributed by atoms with E-state index in [-0.39, 0.29) is 17.5 Å². The van der Waals surface area contributed by atoms with Crippen molar-refractivity contribution < 1.29 is 9.53 Å². The van der Waals surface area contributed by atoms with Crippen molar-refractivity contribution in [2.45, 2.75) is 51.1 Å². The number of hydrogen-bond acceptors (Lipinski definition) is 4. The molecule has 0 spiro atoms. The first-order valence-corrected chi connectivity index (χ1v) is 10.6. The lowest BCUT2D eigenvalue weighted by Gasteiger charge is -2.56. The number of carbonyl (C=O) groups excluding carboxylic acids is 1. The molecule has 1 aromatic carbocycles. The average molecular weight is 371 g/mol. The first kappa shape index (κ1) is 16.6. The van der Waals surface area contributed by atoms with Gasteiger partial charge in [0.25, 0.3) is 5.91 Å². The van der Waals surface area contributed by atoms with Crippen molar-refractivity contribution in [1.82, 2.24) is 10.2 Å². The minimum atomic E-state index is 0.0422. The van der Waals surface area contributed by atoms with Gasteiger partial charge in [0.2, 0.25) is 0 Å². The van der Waals surface area contributed by atoms with Crippen molar-refractivity contribution >= 4 is 27.3 Å². The molecule has 1 N–H and O–H groups in total. The van der Waals surface area contributed by atoms with Crippen molar-refractivity contribution in [3.8, 4) is 5.75 Å². The van der Waals surface area contributed by atoms with E-state index < -0.39 is 0 Å². The molecular formula is C21H26N2O2S. The highest BCUT2D eigenvalue weighted by Crippen LogP contribution is 2.40. The summed E-state index contributed by atoms with van der Waals surface area (Å²) in [6.45, 7) is 7.69. The summed E-state index contributed by atoms with van der Waals surface area (Å²) < 4.78 is 7.01. The lowest BCUT2D eigenvalue weighted by atomic mass is 9.72. The number of thiophene rings is 1. The molecule has 0 unspecified atom stereocenters. The summed E-state index contributed by atoms with van der Waals surface area (Å²) in [4.78, 5) is 16.4. The second-order valence-corrected chi connectivity index (χ2v) is 9.50. The zero-order chi connectivity index (χ0) is 17.9. The number of nitrogens with zero attached hydrogens (tertiary/aromatic N) is 1. The summed E-state index contributed by atoms with van der Waals surface area (Å²) in [6, 6.07) is 6.44. The van der Waals surface area contributed by atoms with Gasteiger partial charge in [0, 0.05) is 21.8 Å². The van der Waals surface area contributed by atoms with Crippen LogP contribution in [0, 0.1) is 5.92 Å². The number of aryl methyl sites for hydroxylation is 1. The van der Waals surface area contributed by atoms with Crippen LogP contribution in [-0.2, 0) is 6.42 Å². The normalized spacial score (nSPS) is 29.2. The molecule has 5 heteroatoms. The SMILES string of the molecule is CC1(C)[C@H](NC(=O)c2cc3ccc4c(c3s2)CCCO4)C2CCN1CC2. The van der Waals surface area contributed by atoms with Gasteiger partial charge < -0.3 is 10.1 Å². The maximum Gasteiger partial charge on any atom is 0.261 e. The first-order chi connectivity index (χ1) is 12.5. The van der Waals surface area contributed by atoms with Gasteiger partial charge in [0.15, 0.2) is 0 Å². The van der Waals surface area contributed by atoms with Crippen molar-refractivity contribution in [2.75, 3.05) is 19.7 Å². The van der Waals surface area contributed by atoms with Crippen molar-refractivity contribution in [2.24, 2.45) is 5.92 Å². The Labute approximate surface area is 158 Å². The molecule has 1 atom stereocenters. The second-order valence-electron chi connectivity index (χ2n) is 8.45. The van der Waals surface area contributed by atoms with E-state index in [0.717, 1.165) is 35.5 Å². The highest BCUT2D eigenvalue weighted by Gasteiger charge is 2.48. The van der Waals surface area contributed by atoms with Crippen LogP contribution in [0.5, 0.6) is 5.75 Å². The third-order valence-electron chi connectivity index (χ3n) is 6.67. The lowest BCUT2D eigenvalue weighted by molar-refractivity contribution is -0.0377. The molecule has 3 fully saturated rings. The summed E-state index contributed by atoms with van der Waals surface area (Å²) in [5.41, 5.74) is 1.32. The van der Waals surface area contributed by atoms with Crippen LogP contribution in [0.15, 0.2) is 18.2 Å². The molecule has 1 aromatic heterocycles. The molecule has 3 saturated heterocycles. The minimum absolute atomic E-state index is 0.0422. The zero-order valence-corrected chi connectivity index (χ0v) is 16.3. The molecule has 4 nitrogen and oxygen atoms in total. The van der Waals surface area contributed by atoms with Crippen LogP contribution in [0.2, 0.25) is 0 Å². The standard InChI is InChI=1S/C21H26N2O2S/c1-21(2)19(13-7-9-23(21)10-8-13)22-20(24)17-12-14-5-6-16-15(18(14)26-17)4-3-11-25-16/h5-6,12-13,19H,3-4,7-11H2,1-2H3,(H,22,24)/t19-/m1/s1. The molecule has 0 radical (unpaired) electrons. The Kier molecular flexibility index (Phi) is 3.80. The van der Waals surface area contributed by atoms with E-state index in [1.165, 1.54) is 36.2 Å². The van der Waals surface area contributed by atoms with E-state index in [0.29, 0.717) is 5.92 Å². The van der Waals surface area contributed by atoms with E-state index >= 15 is 0 Å².